The van der Waals surface area contributed by atoms with E-state index in [-0.39, 0.29) is 11.6 Å². The van der Waals surface area contributed by atoms with E-state index in [1.54, 1.807) is 11.1 Å². The number of aromatic nitrogens is 4. The molecule has 0 aliphatic heterocycles. The maximum atomic E-state index is 13.8. The van der Waals surface area contributed by atoms with Crippen LogP contribution >= 0.6 is 0 Å². The molecule has 6 heteroatoms. The van der Waals surface area contributed by atoms with E-state index in [1.807, 2.05) is 91.9 Å². The number of imidazole rings is 1. The van der Waals surface area contributed by atoms with Crippen LogP contribution in [0.3, 0.4) is 0 Å². The third-order valence-corrected chi connectivity index (χ3v) is 5.29. The van der Waals surface area contributed by atoms with Crippen LogP contribution in [0.1, 0.15) is 33.6 Å². The van der Waals surface area contributed by atoms with E-state index in [9.17, 15) is 4.79 Å². The molecule has 2 heterocycles. The van der Waals surface area contributed by atoms with Gasteiger partial charge in [-0.15, -0.1) is 0 Å². The summed E-state index contributed by atoms with van der Waals surface area (Å²) in [6.45, 7) is 1.84. The van der Waals surface area contributed by atoms with Crippen molar-refractivity contribution in [3.63, 3.8) is 0 Å². The van der Waals surface area contributed by atoms with Gasteiger partial charge in [0, 0.05) is 11.9 Å². The van der Waals surface area contributed by atoms with Crippen LogP contribution in [0.5, 0.6) is 0 Å². The van der Waals surface area contributed by atoms with Crippen molar-refractivity contribution >= 4 is 22.6 Å². The molecule has 0 saturated carbocycles. The normalized spacial score (nSPS) is 11.9. The number of aryl methyl sites for hydroxylation is 1. The Bertz CT molecular complexity index is 1310. The number of hydrogen-bond donors (Lipinski definition) is 1. The van der Waals surface area contributed by atoms with Crippen LogP contribution in [-0.2, 0) is 0 Å². The zero-order valence-corrected chi connectivity index (χ0v) is 17.5. The molecule has 1 unspecified atom stereocenters. The SMILES string of the molecule is Cc1cnc(C(=O)N(c2ccccc2)C(c2ccccc2)c2nc3ccccc3[nH]2)cn1. The van der Waals surface area contributed by atoms with E-state index in [1.165, 1.54) is 6.20 Å². The summed E-state index contributed by atoms with van der Waals surface area (Å²) in [5.74, 6) is 0.424. The summed E-state index contributed by atoms with van der Waals surface area (Å²) >= 11 is 0. The number of para-hydroxylation sites is 3. The third-order valence-electron chi connectivity index (χ3n) is 5.29. The number of amides is 1. The Labute approximate surface area is 185 Å². The van der Waals surface area contributed by atoms with Gasteiger partial charge in [0.1, 0.15) is 17.6 Å². The summed E-state index contributed by atoms with van der Waals surface area (Å²) in [4.78, 5) is 32.5. The smallest absolute Gasteiger partial charge is 0.279 e. The molecular formula is C26H21N5O. The Morgan fingerprint density at radius 1 is 0.844 bits per heavy atom. The fraction of sp³-hybridized carbons (Fsp3) is 0.0769. The van der Waals surface area contributed by atoms with E-state index in [2.05, 4.69) is 15.0 Å². The molecule has 0 fully saturated rings. The third kappa shape index (κ3) is 3.74. The number of carbonyl (C=O) groups excluding carboxylic acids is 1. The van der Waals surface area contributed by atoms with Gasteiger partial charge in [-0.1, -0.05) is 60.7 Å². The molecule has 2 aromatic heterocycles. The number of rotatable bonds is 5. The predicted octanol–water partition coefficient (Wildman–Crippen LogP) is 5.10. The molecule has 1 atom stereocenters. The molecular weight excluding hydrogens is 398 g/mol. The van der Waals surface area contributed by atoms with E-state index in [4.69, 9.17) is 4.98 Å². The van der Waals surface area contributed by atoms with Crippen LogP contribution in [0, 0.1) is 6.92 Å². The Balaban J connectivity index is 1.72. The van der Waals surface area contributed by atoms with Crippen molar-refractivity contribution in [3.05, 3.63) is 120 Å². The highest BCUT2D eigenvalue weighted by Crippen LogP contribution is 2.33. The molecule has 0 saturated heterocycles. The van der Waals surface area contributed by atoms with E-state index in [0.29, 0.717) is 5.82 Å². The molecule has 0 radical (unpaired) electrons. The van der Waals surface area contributed by atoms with Crippen molar-refractivity contribution in [2.45, 2.75) is 13.0 Å². The second-order valence-electron chi connectivity index (χ2n) is 7.51. The lowest BCUT2D eigenvalue weighted by molar-refractivity contribution is 0.0974. The van der Waals surface area contributed by atoms with Crippen molar-refractivity contribution in [2.24, 2.45) is 0 Å². The average Bonchev–Trinajstić information content (AvgIpc) is 3.27. The van der Waals surface area contributed by atoms with Gasteiger partial charge in [0.05, 0.1) is 22.9 Å². The van der Waals surface area contributed by atoms with Gasteiger partial charge in [-0.2, -0.15) is 0 Å². The Morgan fingerprint density at radius 3 is 2.22 bits per heavy atom. The monoisotopic (exact) mass is 419 g/mol. The highest BCUT2D eigenvalue weighted by molar-refractivity contribution is 6.05. The molecule has 0 bridgehead atoms. The topological polar surface area (TPSA) is 74.8 Å². The highest BCUT2D eigenvalue weighted by atomic mass is 16.2. The Morgan fingerprint density at radius 2 is 1.53 bits per heavy atom. The number of aromatic amines is 1. The fourth-order valence-electron chi connectivity index (χ4n) is 3.77. The van der Waals surface area contributed by atoms with Gasteiger partial charge in [0.15, 0.2) is 0 Å². The lowest BCUT2D eigenvalue weighted by Gasteiger charge is -2.31. The van der Waals surface area contributed by atoms with E-state index in [0.717, 1.165) is 28.0 Å². The van der Waals surface area contributed by atoms with Gasteiger partial charge in [-0.25, -0.2) is 9.97 Å². The number of anilines is 1. The minimum atomic E-state index is -0.485. The molecule has 3 aromatic carbocycles. The second-order valence-corrected chi connectivity index (χ2v) is 7.51. The van der Waals surface area contributed by atoms with Crippen molar-refractivity contribution in [3.8, 4) is 0 Å². The number of carbonyl (C=O) groups is 1. The first-order valence-electron chi connectivity index (χ1n) is 10.4. The zero-order valence-electron chi connectivity index (χ0n) is 17.5. The van der Waals surface area contributed by atoms with Crippen LogP contribution in [0.2, 0.25) is 0 Å². The molecule has 5 rings (SSSR count). The molecule has 0 aliphatic rings. The van der Waals surface area contributed by atoms with E-state index < -0.39 is 6.04 Å². The van der Waals surface area contributed by atoms with Gasteiger partial charge in [-0.3, -0.25) is 14.7 Å². The molecule has 156 valence electrons. The van der Waals surface area contributed by atoms with Gasteiger partial charge < -0.3 is 4.98 Å². The number of benzene rings is 3. The summed E-state index contributed by atoms with van der Waals surface area (Å²) in [6.07, 6.45) is 3.13. The summed E-state index contributed by atoms with van der Waals surface area (Å²) in [5.41, 5.74) is 4.47. The first-order chi connectivity index (χ1) is 15.7. The largest absolute Gasteiger partial charge is 0.340 e. The number of nitrogens with zero attached hydrogens (tertiary/aromatic N) is 4. The molecule has 6 nitrogen and oxygen atoms in total. The first kappa shape index (κ1) is 19.6. The number of H-pyrrole nitrogens is 1. The number of nitrogens with one attached hydrogen (secondary N) is 1. The van der Waals surface area contributed by atoms with Crippen LogP contribution < -0.4 is 4.90 Å². The highest BCUT2D eigenvalue weighted by Gasteiger charge is 2.32. The first-order valence-corrected chi connectivity index (χ1v) is 10.4. The quantitative estimate of drug-likeness (QED) is 0.430. The summed E-state index contributed by atoms with van der Waals surface area (Å²) in [6, 6.07) is 26.8. The predicted molar refractivity (Wildman–Crippen MR) is 124 cm³/mol. The minimum absolute atomic E-state index is 0.252. The van der Waals surface area contributed by atoms with Crippen molar-refractivity contribution in [1.29, 1.82) is 0 Å². The fourth-order valence-corrected chi connectivity index (χ4v) is 3.77. The summed E-state index contributed by atoms with van der Waals surface area (Å²) in [7, 11) is 0. The van der Waals surface area contributed by atoms with Crippen molar-refractivity contribution in [2.75, 3.05) is 4.90 Å². The van der Waals surface area contributed by atoms with Gasteiger partial charge in [-0.05, 0) is 36.8 Å². The van der Waals surface area contributed by atoms with Gasteiger partial charge in [0.2, 0.25) is 0 Å². The maximum Gasteiger partial charge on any atom is 0.279 e. The lowest BCUT2D eigenvalue weighted by Crippen LogP contribution is -2.37. The van der Waals surface area contributed by atoms with Crippen LogP contribution in [-0.4, -0.2) is 25.8 Å². The summed E-state index contributed by atoms with van der Waals surface area (Å²) in [5, 5.41) is 0. The van der Waals surface area contributed by atoms with Crippen molar-refractivity contribution in [1.82, 2.24) is 19.9 Å². The molecule has 1 amide bonds. The second kappa shape index (κ2) is 8.43. The number of hydrogen-bond acceptors (Lipinski definition) is 4. The van der Waals surface area contributed by atoms with Crippen LogP contribution in [0.4, 0.5) is 5.69 Å². The Kier molecular flexibility index (Phi) is 5.17. The van der Waals surface area contributed by atoms with Gasteiger partial charge >= 0.3 is 0 Å². The summed E-state index contributed by atoms with van der Waals surface area (Å²) < 4.78 is 0. The van der Waals surface area contributed by atoms with E-state index >= 15 is 0 Å². The Hall–Kier alpha value is -4.32. The maximum absolute atomic E-state index is 13.8. The lowest BCUT2D eigenvalue weighted by atomic mass is 10.0. The van der Waals surface area contributed by atoms with Gasteiger partial charge in [0.25, 0.3) is 5.91 Å². The molecule has 5 aromatic rings. The molecule has 32 heavy (non-hydrogen) atoms. The molecule has 0 spiro atoms. The standard InChI is InChI=1S/C26H21N5O/c1-18-16-28-23(17-27-18)26(32)31(20-12-6-3-7-13-20)24(19-10-4-2-5-11-19)25-29-21-14-8-9-15-22(21)30-25/h2-17,24H,1H3,(H,29,30). The molecule has 1 N–H and O–H groups in total. The van der Waals surface area contributed by atoms with Crippen LogP contribution in [0.25, 0.3) is 11.0 Å². The molecule has 0 aliphatic carbocycles. The zero-order chi connectivity index (χ0) is 21.9. The average molecular weight is 419 g/mol. The van der Waals surface area contributed by atoms with Crippen LogP contribution in [0.15, 0.2) is 97.3 Å². The van der Waals surface area contributed by atoms with Crippen molar-refractivity contribution < 1.29 is 4.79 Å². The minimum Gasteiger partial charge on any atom is -0.340 e. The number of fused-ring (bicyclic) bond motifs is 1.